The number of aromatic nitrogens is 2. The first-order valence-corrected chi connectivity index (χ1v) is 12.2. The van der Waals surface area contributed by atoms with Gasteiger partial charge in [0.1, 0.15) is 5.75 Å². The standard InChI is InChI=1S/C26H24N4O4S/c1-33-19-10-8-18(9-11-19)25-27-23(34-28-25)17-29-12-14-30(15-13-29)26(32)21-6-3-2-5-20(21)24(31)22-7-4-16-35-22/h2-11,16H,12-15,17H2,1H3. The maximum atomic E-state index is 13.3. The number of nitrogens with zero attached hydrogens (tertiary/aromatic N) is 4. The molecule has 0 unspecified atom stereocenters. The lowest BCUT2D eigenvalue weighted by Crippen LogP contribution is -2.48. The monoisotopic (exact) mass is 488 g/mol. The van der Waals surface area contributed by atoms with Crippen LogP contribution in [0.2, 0.25) is 0 Å². The van der Waals surface area contributed by atoms with Crippen molar-refractivity contribution < 1.29 is 18.8 Å². The Balaban J connectivity index is 1.20. The molecule has 8 nitrogen and oxygen atoms in total. The van der Waals surface area contributed by atoms with Crippen molar-refractivity contribution in [2.45, 2.75) is 6.54 Å². The number of piperazine rings is 1. The van der Waals surface area contributed by atoms with Crippen LogP contribution in [0.15, 0.2) is 70.6 Å². The molecular formula is C26H24N4O4S. The van der Waals surface area contributed by atoms with Crippen LogP contribution in [0.3, 0.4) is 0 Å². The van der Waals surface area contributed by atoms with Gasteiger partial charge in [-0.15, -0.1) is 11.3 Å². The Morgan fingerprint density at radius 1 is 0.971 bits per heavy atom. The molecule has 0 bridgehead atoms. The van der Waals surface area contributed by atoms with Gasteiger partial charge in [0.15, 0.2) is 0 Å². The van der Waals surface area contributed by atoms with Gasteiger partial charge >= 0.3 is 0 Å². The van der Waals surface area contributed by atoms with Crippen molar-refractivity contribution in [3.8, 4) is 17.1 Å². The quantitative estimate of drug-likeness (QED) is 0.363. The van der Waals surface area contributed by atoms with Crippen molar-refractivity contribution in [2.24, 2.45) is 0 Å². The van der Waals surface area contributed by atoms with Gasteiger partial charge in [-0.2, -0.15) is 4.98 Å². The highest BCUT2D eigenvalue weighted by Crippen LogP contribution is 2.22. The lowest BCUT2D eigenvalue weighted by atomic mass is 10.0. The van der Waals surface area contributed by atoms with E-state index in [2.05, 4.69) is 15.0 Å². The molecule has 1 saturated heterocycles. The first-order valence-electron chi connectivity index (χ1n) is 11.3. The number of carbonyl (C=O) groups is 2. The molecule has 35 heavy (non-hydrogen) atoms. The number of rotatable bonds is 7. The largest absolute Gasteiger partial charge is 0.497 e. The summed E-state index contributed by atoms with van der Waals surface area (Å²) in [5.74, 6) is 1.59. The van der Waals surface area contributed by atoms with E-state index >= 15 is 0 Å². The summed E-state index contributed by atoms with van der Waals surface area (Å²) in [6.07, 6.45) is 0. The molecule has 178 valence electrons. The second-order valence-electron chi connectivity index (χ2n) is 8.16. The average Bonchev–Trinajstić information content (AvgIpc) is 3.61. The maximum absolute atomic E-state index is 13.3. The summed E-state index contributed by atoms with van der Waals surface area (Å²) in [4.78, 5) is 35.3. The molecule has 3 heterocycles. The second kappa shape index (κ2) is 10.2. The van der Waals surface area contributed by atoms with E-state index < -0.39 is 0 Å². The van der Waals surface area contributed by atoms with Crippen LogP contribution in [0, 0.1) is 0 Å². The number of hydrogen-bond acceptors (Lipinski definition) is 8. The molecule has 1 aliphatic heterocycles. The fourth-order valence-corrected chi connectivity index (χ4v) is 4.73. The van der Waals surface area contributed by atoms with E-state index in [0.29, 0.717) is 60.4 Å². The Morgan fingerprint density at radius 3 is 2.40 bits per heavy atom. The van der Waals surface area contributed by atoms with Crippen LogP contribution in [-0.4, -0.2) is 64.9 Å². The molecule has 2 aromatic heterocycles. The fraction of sp³-hybridized carbons (Fsp3) is 0.231. The minimum Gasteiger partial charge on any atom is -0.497 e. The van der Waals surface area contributed by atoms with E-state index in [0.717, 1.165) is 11.3 Å². The van der Waals surface area contributed by atoms with E-state index in [-0.39, 0.29) is 11.7 Å². The summed E-state index contributed by atoms with van der Waals surface area (Å²) in [7, 11) is 1.62. The smallest absolute Gasteiger partial charge is 0.254 e. The van der Waals surface area contributed by atoms with Crippen molar-refractivity contribution in [3.63, 3.8) is 0 Å². The number of amides is 1. The predicted octanol–water partition coefficient (Wildman–Crippen LogP) is 4.00. The van der Waals surface area contributed by atoms with Crippen molar-refractivity contribution in [1.29, 1.82) is 0 Å². The number of hydrogen-bond donors (Lipinski definition) is 0. The lowest BCUT2D eigenvalue weighted by molar-refractivity contribution is 0.0612. The zero-order chi connectivity index (χ0) is 24.2. The van der Waals surface area contributed by atoms with Gasteiger partial charge in [0.2, 0.25) is 17.5 Å². The average molecular weight is 489 g/mol. The number of methoxy groups -OCH3 is 1. The Morgan fingerprint density at radius 2 is 1.71 bits per heavy atom. The molecule has 1 amide bonds. The molecule has 0 radical (unpaired) electrons. The lowest BCUT2D eigenvalue weighted by Gasteiger charge is -2.34. The fourth-order valence-electron chi connectivity index (χ4n) is 4.06. The van der Waals surface area contributed by atoms with Gasteiger partial charge in [0.05, 0.1) is 24.1 Å². The summed E-state index contributed by atoms with van der Waals surface area (Å²) < 4.78 is 10.6. The second-order valence-corrected chi connectivity index (χ2v) is 9.11. The molecule has 0 spiro atoms. The number of thiophene rings is 1. The molecule has 0 saturated carbocycles. The first kappa shape index (κ1) is 22.9. The number of carbonyl (C=O) groups excluding carboxylic acids is 2. The molecule has 0 N–H and O–H groups in total. The molecule has 5 rings (SSSR count). The summed E-state index contributed by atoms with van der Waals surface area (Å²) in [6.45, 7) is 2.97. The normalized spacial score (nSPS) is 14.1. The van der Waals surface area contributed by atoms with Crippen molar-refractivity contribution in [2.75, 3.05) is 33.3 Å². The topological polar surface area (TPSA) is 88.8 Å². The van der Waals surface area contributed by atoms with E-state index in [1.54, 1.807) is 42.3 Å². The van der Waals surface area contributed by atoms with Crippen LogP contribution >= 0.6 is 11.3 Å². The molecule has 0 aliphatic carbocycles. The predicted molar refractivity (Wildman–Crippen MR) is 132 cm³/mol. The van der Waals surface area contributed by atoms with Crippen LogP contribution in [0.5, 0.6) is 5.75 Å². The number of benzene rings is 2. The molecule has 4 aromatic rings. The van der Waals surface area contributed by atoms with E-state index in [9.17, 15) is 9.59 Å². The van der Waals surface area contributed by atoms with Gasteiger partial charge < -0.3 is 14.2 Å². The first-order chi connectivity index (χ1) is 17.1. The number of ketones is 1. The maximum Gasteiger partial charge on any atom is 0.254 e. The Hall–Kier alpha value is -3.82. The van der Waals surface area contributed by atoms with Crippen molar-refractivity contribution in [3.05, 3.63) is 87.9 Å². The molecule has 2 aromatic carbocycles. The summed E-state index contributed by atoms with van der Waals surface area (Å²) in [5.41, 5.74) is 1.74. The van der Waals surface area contributed by atoms with Gasteiger partial charge in [-0.25, -0.2) is 0 Å². The SMILES string of the molecule is COc1ccc(-c2noc(CN3CCN(C(=O)c4ccccc4C(=O)c4cccs4)CC3)n2)cc1. The van der Waals surface area contributed by atoms with Gasteiger partial charge in [-0.05, 0) is 41.8 Å². The highest BCUT2D eigenvalue weighted by Gasteiger charge is 2.26. The molecule has 1 aliphatic rings. The minimum atomic E-state index is -0.121. The summed E-state index contributed by atoms with van der Waals surface area (Å²) >= 11 is 1.38. The third-order valence-electron chi connectivity index (χ3n) is 5.98. The zero-order valence-corrected chi connectivity index (χ0v) is 20.0. The van der Waals surface area contributed by atoms with Crippen LogP contribution in [0.1, 0.15) is 31.5 Å². The van der Waals surface area contributed by atoms with Crippen molar-refractivity contribution in [1.82, 2.24) is 19.9 Å². The van der Waals surface area contributed by atoms with E-state index in [1.807, 2.05) is 35.7 Å². The van der Waals surface area contributed by atoms with Crippen LogP contribution in [-0.2, 0) is 6.54 Å². The molecular weight excluding hydrogens is 464 g/mol. The Labute approximate surface area is 206 Å². The minimum absolute atomic E-state index is 0.119. The highest BCUT2D eigenvalue weighted by molar-refractivity contribution is 7.12. The van der Waals surface area contributed by atoms with E-state index in [4.69, 9.17) is 9.26 Å². The van der Waals surface area contributed by atoms with Gasteiger partial charge in [-0.3, -0.25) is 14.5 Å². The van der Waals surface area contributed by atoms with Crippen LogP contribution in [0.4, 0.5) is 0 Å². The van der Waals surface area contributed by atoms with Gasteiger partial charge in [0.25, 0.3) is 5.91 Å². The van der Waals surface area contributed by atoms with Gasteiger partial charge in [0, 0.05) is 37.3 Å². The van der Waals surface area contributed by atoms with Crippen LogP contribution < -0.4 is 4.74 Å². The molecule has 1 fully saturated rings. The number of ether oxygens (including phenoxy) is 1. The zero-order valence-electron chi connectivity index (χ0n) is 19.2. The third kappa shape index (κ3) is 5.01. The molecule has 0 atom stereocenters. The van der Waals surface area contributed by atoms with Crippen LogP contribution in [0.25, 0.3) is 11.4 Å². The summed E-state index contributed by atoms with van der Waals surface area (Å²) in [5, 5.41) is 5.95. The Bertz CT molecular complexity index is 1310. The third-order valence-corrected chi connectivity index (χ3v) is 6.85. The summed E-state index contributed by atoms with van der Waals surface area (Å²) in [6, 6.07) is 18.1. The van der Waals surface area contributed by atoms with Gasteiger partial charge in [-0.1, -0.05) is 29.4 Å². The Kier molecular flexibility index (Phi) is 6.69. The van der Waals surface area contributed by atoms with Crippen molar-refractivity contribution >= 4 is 23.0 Å². The van der Waals surface area contributed by atoms with E-state index in [1.165, 1.54) is 11.3 Å². The molecule has 9 heteroatoms. The highest BCUT2D eigenvalue weighted by atomic mass is 32.1.